The Labute approximate surface area is 240 Å². The second-order valence-electron chi connectivity index (χ2n) is 11.6. The minimum Gasteiger partial charge on any atom is -0.316 e. The summed E-state index contributed by atoms with van der Waals surface area (Å²) in [5, 5.41) is 12.7. The summed E-state index contributed by atoms with van der Waals surface area (Å²) < 4.78 is 4.93. The van der Waals surface area contributed by atoms with E-state index < -0.39 is 0 Å². The van der Waals surface area contributed by atoms with Gasteiger partial charge in [0.2, 0.25) is 0 Å². The number of para-hydroxylation sites is 4. The van der Waals surface area contributed by atoms with Crippen LogP contribution in [0.4, 0.5) is 0 Å². The molecule has 0 saturated carbocycles. The van der Waals surface area contributed by atoms with Gasteiger partial charge in [-0.15, -0.1) is 0 Å². The molecule has 0 fully saturated rings. The molecule has 8 rings (SSSR count). The van der Waals surface area contributed by atoms with Crippen molar-refractivity contribution >= 4 is 27.9 Å². The summed E-state index contributed by atoms with van der Waals surface area (Å²) >= 11 is 0. The first-order valence-electron chi connectivity index (χ1n) is 14.7. The van der Waals surface area contributed by atoms with Gasteiger partial charge >= 0.3 is 0 Å². The highest BCUT2D eigenvalue weighted by atomic mass is 15.0. The lowest BCUT2D eigenvalue weighted by Gasteiger charge is -2.32. The van der Waals surface area contributed by atoms with Crippen LogP contribution in [0.5, 0.6) is 0 Å². The summed E-state index contributed by atoms with van der Waals surface area (Å²) in [5.74, 6) is 0.836. The van der Waals surface area contributed by atoms with E-state index in [2.05, 4.69) is 119 Å². The fourth-order valence-corrected chi connectivity index (χ4v) is 7.59. The molecule has 3 heteroatoms. The van der Waals surface area contributed by atoms with Gasteiger partial charge in [0.25, 0.3) is 0 Å². The first-order valence-corrected chi connectivity index (χ1v) is 14.7. The standard InChI is InChI=1S/C38H31N3/c1-25-22-33-29-16-7-10-21-36(29)41(34-19-8-5-12-26(34)24-39)37(33)23-32(25)31-18-11-17-30-28-15-6-9-20-35(28)40(38(30)31)27-13-3-2-4-14-27/h2-9,11-20,25,32H,10,21-23H2,1H3. The lowest BCUT2D eigenvalue weighted by molar-refractivity contribution is 0.423. The van der Waals surface area contributed by atoms with Crippen LogP contribution in [0.1, 0.15) is 52.9 Å². The van der Waals surface area contributed by atoms with E-state index in [0.29, 0.717) is 11.8 Å². The number of aromatic nitrogens is 2. The van der Waals surface area contributed by atoms with E-state index in [-0.39, 0.29) is 0 Å². The molecule has 0 spiro atoms. The number of fused-ring (bicyclic) bond motifs is 6. The van der Waals surface area contributed by atoms with Crippen molar-refractivity contribution in [2.75, 3.05) is 0 Å². The largest absolute Gasteiger partial charge is 0.316 e. The molecule has 0 bridgehead atoms. The monoisotopic (exact) mass is 529 g/mol. The van der Waals surface area contributed by atoms with Crippen molar-refractivity contribution in [3.8, 4) is 17.4 Å². The Kier molecular flexibility index (Phi) is 5.50. The Bertz CT molecular complexity index is 2030. The molecule has 41 heavy (non-hydrogen) atoms. The Hall–Kier alpha value is -4.81. The molecular weight excluding hydrogens is 498 g/mol. The Balaban J connectivity index is 1.38. The van der Waals surface area contributed by atoms with Crippen LogP contribution in [0.15, 0.2) is 103 Å². The highest BCUT2D eigenvalue weighted by Gasteiger charge is 2.35. The maximum absolute atomic E-state index is 10.0. The maximum Gasteiger partial charge on any atom is 0.101 e. The number of benzene rings is 4. The summed E-state index contributed by atoms with van der Waals surface area (Å²) in [6.45, 7) is 2.43. The average molecular weight is 530 g/mol. The van der Waals surface area contributed by atoms with Crippen LogP contribution in [0.3, 0.4) is 0 Å². The predicted molar refractivity (Wildman–Crippen MR) is 168 cm³/mol. The van der Waals surface area contributed by atoms with Crippen molar-refractivity contribution in [3.63, 3.8) is 0 Å². The third-order valence-electron chi connectivity index (χ3n) is 9.39. The van der Waals surface area contributed by atoms with Gasteiger partial charge in [0.05, 0.1) is 22.3 Å². The Morgan fingerprint density at radius 2 is 1.54 bits per heavy atom. The molecule has 2 atom stereocenters. The van der Waals surface area contributed by atoms with Gasteiger partial charge in [-0.1, -0.05) is 85.8 Å². The van der Waals surface area contributed by atoms with Gasteiger partial charge < -0.3 is 9.13 Å². The number of hydrogen-bond donors (Lipinski definition) is 0. The van der Waals surface area contributed by atoms with Crippen LogP contribution in [0.2, 0.25) is 0 Å². The van der Waals surface area contributed by atoms with Crippen molar-refractivity contribution in [1.82, 2.24) is 9.13 Å². The van der Waals surface area contributed by atoms with Gasteiger partial charge in [-0.05, 0) is 84.5 Å². The molecule has 4 aromatic carbocycles. The van der Waals surface area contributed by atoms with Crippen molar-refractivity contribution in [1.29, 1.82) is 5.26 Å². The number of nitriles is 1. The van der Waals surface area contributed by atoms with E-state index in [1.807, 2.05) is 12.1 Å². The zero-order valence-corrected chi connectivity index (χ0v) is 23.2. The minimum absolute atomic E-state index is 0.353. The van der Waals surface area contributed by atoms with E-state index in [1.165, 1.54) is 55.6 Å². The number of rotatable bonds is 3. The summed E-state index contributed by atoms with van der Waals surface area (Å²) in [6.07, 6.45) is 8.70. The summed E-state index contributed by atoms with van der Waals surface area (Å²) in [5.41, 5.74) is 12.5. The highest BCUT2D eigenvalue weighted by Crippen LogP contribution is 2.46. The molecule has 0 aliphatic heterocycles. The molecule has 6 aromatic rings. The van der Waals surface area contributed by atoms with Gasteiger partial charge in [-0.2, -0.15) is 5.26 Å². The van der Waals surface area contributed by atoms with Crippen LogP contribution >= 0.6 is 0 Å². The Morgan fingerprint density at radius 1 is 0.756 bits per heavy atom. The molecule has 0 saturated heterocycles. The molecular formula is C38H31N3. The molecule has 0 radical (unpaired) electrons. The minimum atomic E-state index is 0.353. The highest BCUT2D eigenvalue weighted by molar-refractivity contribution is 6.10. The summed E-state index contributed by atoms with van der Waals surface area (Å²) in [6, 6.07) is 37.1. The second kappa shape index (κ2) is 9.39. The zero-order valence-electron chi connectivity index (χ0n) is 23.2. The summed E-state index contributed by atoms with van der Waals surface area (Å²) in [4.78, 5) is 0. The first kappa shape index (κ1) is 24.0. The number of nitrogens with zero attached hydrogens (tertiary/aromatic N) is 3. The fraction of sp³-hybridized carbons (Fsp3) is 0.184. The zero-order chi connectivity index (χ0) is 27.5. The molecule has 2 aliphatic carbocycles. The van der Waals surface area contributed by atoms with Crippen LogP contribution in [0.25, 0.3) is 39.3 Å². The summed E-state index contributed by atoms with van der Waals surface area (Å²) in [7, 11) is 0. The van der Waals surface area contributed by atoms with E-state index in [9.17, 15) is 5.26 Å². The molecule has 2 heterocycles. The normalized spacial score (nSPS) is 17.9. The molecule has 198 valence electrons. The van der Waals surface area contributed by atoms with E-state index in [0.717, 1.165) is 36.9 Å². The van der Waals surface area contributed by atoms with Gasteiger partial charge in [0, 0.05) is 27.8 Å². The van der Waals surface area contributed by atoms with Gasteiger partial charge in [0.15, 0.2) is 0 Å². The molecule has 0 amide bonds. The smallest absolute Gasteiger partial charge is 0.101 e. The SMILES string of the molecule is CC1Cc2c3c(n(-c4ccccc4C#N)c2CC1c1cccc2c4ccccc4n(-c4ccccc4)c12)CCC=C3. The topological polar surface area (TPSA) is 33.6 Å². The number of hydrogen-bond acceptors (Lipinski definition) is 1. The van der Waals surface area contributed by atoms with E-state index in [4.69, 9.17) is 0 Å². The molecule has 0 N–H and O–H groups in total. The van der Waals surface area contributed by atoms with Crippen LogP contribution in [-0.2, 0) is 19.3 Å². The quantitative estimate of drug-likeness (QED) is 0.225. The van der Waals surface area contributed by atoms with Crippen LogP contribution < -0.4 is 0 Å². The van der Waals surface area contributed by atoms with Crippen LogP contribution in [0, 0.1) is 17.2 Å². The van der Waals surface area contributed by atoms with Crippen molar-refractivity contribution in [2.45, 2.75) is 38.5 Å². The Morgan fingerprint density at radius 3 is 2.41 bits per heavy atom. The lowest BCUT2D eigenvalue weighted by Crippen LogP contribution is -2.24. The van der Waals surface area contributed by atoms with Crippen molar-refractivity contribution in [2.24, 2.45) is 5.92 Å². The third-order valence-corrected chi connectivity index (χ3v) is 9.39. The fourth-order valence-electron chi connectivity index (χ4n) is 7.59. The average Bonchev–Trinajstić information content (AvgIpc) is 3.53. The molecule has 2 aromatic heterocycles. The first-order chi connectivity index (χ1) is 20.2. The number of allylic oxidation sites excluding steroid dienone is 1. The van der Waals surface area contributed by atoms with Crippen molar-refractivity contribution in [3.05, 3.63) is 137 Å². The molecule has 2 aliphatic rings. The second-order valence-corrected chi connectivity index (χ2v) is 11.6. The van der Waals surface area contributed by atoms with E-state index >= 15 is 0 Å². The van der Waals surface area contributed by atoms with Gasteiger partial charge in [0.1, 0.15) is 6.07 Å². The van der Waals surface area contributed by atoms with Gasteiger partial charge in [-0.25, -0.2) is 0 Å². The maximum atomic E-state index is 10.0. The molecule has 3 nitrogen and oxygen atoms in total. The lowest BCUT2D eigenvalue weighted by atomic mass is 9.74. The van der Waals surface area contributed by atoms with Gasteiger partial charge in [-0.3, -0.25) is 0 Å². The van der Waals surface area contributed by atoms with Crippen LogP contribution in [-0.4, -0.2) is 9.13 Å². The third kappa shape index (κ3) is 3.57. The van der Waals surface area contributed by atoms with E-state index in [1.54, 1.807) is 0 Å². The molecule has 2 unspecified atom stereocenters. The van der Waals surface area contributed by atoms with Crippen molar-refractivity contribution < 1.29 is 0 Å². The predicted octanol–water partition coefficient (Wildman–Crippen LogP) is 8.92.